The summed E-state index contributed by atoms with van der Waals surface area (Å²) in [7, 11) is 0. The summed E-state index contributed by atoms with van der Waals surface area (Å²) in [6.07, 6.45) is -4.95. The average molecular weight is 326 g/mol. The molecule has 2 aromatic rings. The molecular weight excluding hydrogens is 312 g/mol. The minimum Gasteiger partial charge on any atom is -0.484 e. The highest BCUT2D eigenvalue weighted by atomic mass is 19.4. The van der Waals surface area contributed by atoms with E-state index in [2.05, 4.69) is 5.32 Å². The van der Waals surface area contributed by atoms with Crippen molar-refractivity contribution in [2.45, 2.75) is 12.3 Å². The van der Waals surface area contributed by atoms with Crippen LogP contribution in [0.15, 0.2) is 36.4 Å². The number of anilines is 1. The van der Waals surface area contributed by atoms with Gasteiger partial charge in [-0.15, -0.1) is 0 Å². The number of fused-ring (bicyclic) bond motifs is 1. The van der Waals surface area contributed by atoms with Crippen LogP contribution in [0.2, 0.25) is 0 Å². The Labute approximate surface area is 130 Å². The zero-order valence-corrected chi connectivity index (χ0v) is 12.0. The summed E-state index contributed by atoms with van der Waals surface area (Å²) in [5.74, 6) is -0.491. The highest BCUT2D eigenvalue weighted by molar-refractivity contribution is 5.81. The standard InChI is InChI=1S/C16H14F4N2O/c17-9-4-5-13(16(18,19)20)12(6-9)11-2-1-3-14-15(11)23-10(7-21)8-22-14/h1-6,10,22H,7-8,21H2/t10-/m1/s1. The number of rotatable bonds is 2. The quantitative estimate of drug-likeness (QED) is 0.828. The van der Waals surface area contributed by atoms with Crippen LogP contribution in [-0.2, 0) is 6.18 Å². The normalized spacial score (nSPS) is 17.2. The van der Waals surface area contributed by atoms with Crippen molar-refractivity contribution < 1.29 is 22.3 Å². The number of alkyl halides is 3. The van der Waals surface area contributed by atoms with E-state index in [4.69, 9.17) is 10.5 Å². The highest BCUT2D eigenvalue weighted by Gasteiger charge is 2.35. The second-order valence-corrected chi connectivity index (χ2v) is 5.23. The molecule has 1 heterocycles. The van der Waals surface area contributed by atoms with Gasteiger partial charge in [0.05, 0.1) is 17.8 Å². The lowest BCUT2D eigenvalue weighted by molar-refractivity contribution is -0.137. The number of nitrogens with two attached hydrogens (primary N) is 1. The molecule has 0 aliphatic carbocycles. The fourth-order valence-electron chi connectivity index (χ4n) is 2.57. The smallest absolute Gasteiger partial charge is 0.417 e. The van der Waals surface area contributed by atoms with Crippen LogP contribution in [0.4, 0.5) is 23.2 Å². The molecule has 0 radical (unpaired) electrons. The van der Waals surface area contributed by atoms with Crippen molar-refractivity contribution in [1.82, 2.24) is 0 Å². The zero-order chi connectivity index (χ0) is 16.6. The van der Waals surface area contributed by atoms with Crippen LogP contribution in [0.5, 0.6) is 5.75 Å². The summed E-state index contributed by atoms with van der Waals surface area (Å²) in [5.41, 5.74) is 5.14. The van der Waals surface area contributed by atoms with E-state index >= 15 is 0 Å². The first kappa shape index (κ1) is 15.6. The Morgan fingerprint density at radius 1 is 1.17 bits per heavy atom. The third-order valence-corrected chi connectivity index (χ3v) is 3.66. The summed E-state index contributed by atoms with van der Waals surface area (Å²) in [5, 5.41) is 3.07. The van der Waals surface area contributed by atoms with E-state index in [0.717, 1.165) is 18.2 Å². The maximum absolute atomic E-state index is 13.6. The molecule has 23 heavy (non-hydrogen) atoms. The van der Waals surface area contributed by atoms with Gasteiger partial charge >= 0.3 is 6.18 Å². The van der Waals surface area contributed by atoms with Crippen molar-refractivity contribution in [2.75, 3.05) is 18.4 Å². The molecule has 1 atom stereocenters. The van der Waals surface area contributed by atoms with Gasteiger partial charge in [-0.3, -0.25) is 0 Å². The van der Waals surface area contributed by atoms with Gasteiger partial charge in [0.1, 0.15) is 11.9 Å². The SMILES string of the molecule is NC[C@@H]1CNc2cccc(-c3cc(F)ccc3C(F)(F)F)c2O1. The number of halogens is 4. The summed E-state index contributed by atoms with van der Waals surface area (Å²) >= 11 is 0. The topological polar surface area (TPSA) is 47.3 Å². The fourth-order valence-corrected chi connectivity index (χ4v) is 2.57. The van der Waals surface area contributed by atoms with Crippen molar-refractivity contribution in [3.8, 4) is 16.9 Å². The Morgan fingerprint density at radius 2 is 1.96 bits per heavy atom. The van der Waals surface area contributed by atoms with Gasteiger partial charge in [-0.05, 0) is 24.3 Å². The van der Waals surface area contributed by atoms with E-state index in [1.165, 1.54) is 6.07 Å². The minimum absolute atomic E-state index is 0.181. The fraction of sp³-hybridized carbons (Fsp3) is 0.250. The molecule has 0 unspecified atom stereocenters. The molecule has 1 aliphatic heterocycles. The van der Waals surface area contributed by atoms with Crippen LogP contribution in [0.25, 0.3) is 11.1 Å². The number of benzene rings is 2. The molecule has 0 bridgehead atoms. The van der Waals surface area contributed by atoms with Gasteiger partial charge < -0.3 is 15.8 Å². The summed E-state index contributed by atoms with van der Waals surface area (Å²) in [4.78, 5) is 0. The second-order valence-electron chi connectivity index (χ2n) is 5.23. The monoisotopic (exact) mass is 326 g/mol. The zero-order valence-electron chi connectivity index (χ0n) is 12.0. The molecule has 3 rings (SSSR count). The molecule has 0 saturated carbocycles. The molecule has 3 nitrogen and oxygen atoms in total. The molecule has 0 amide bonds. The van der Waals surface area contributed by atoms with Crippen LogP contribution >= 0.6 is 0 Å². The number of hydrogen-bond donors (Lipinski definition) is 2. The lowest BCUT2D eigenvalue weighted by atomic mass is 9.97. The molecular formula is C16H14F4N2O. The van der Waals surface area contributed by atoms with E-state index in [1.54, 1.807) is 12.1 Å². The van der Waals surface area contributed by atoms with E-state index in [1.807, 2.05) is 0 Å². The van der Waals surface area contributed by atoms with E-state index in [-0.39, 0.29) is 29.5 Å². The van der Waals surface area contributed by atoms with Crippen LogP contribution in [0, 0.1) is 5.82 Å². The van der Waals surface area contributed by atoms with Crippen LogP contribution < -0.4 is 15.8 Å². The Kier molecular flexibility index (Phi) is 3.89. The van der Waals surface area contributed by atoms with Crippen LogP contribution in [0.3, 0.4) is 0 Å². The molecule has 3 N–H and O–H groups in total. The van der Waals surface area contributed by atoms with Crippen molar-refractivity contribution >= 4 is 5.69 Å². The molecule has 0 saturated heterocycles. The molecule has 1 aliphatic rings. The predicted molar refractivity (Wildman–Crippen MR) is 78.8 cm³/mol. The van der Waals surface area contributed by atoms with Gasteiger partial charge in [-0.2, -0.15) is 13.2 Å². The Bertz CT molecular complexity index is 731. The number of nitrogens with one attached hydrogen (secondary N) is 1. The first-order chi connectivity index (χ1) is 10.9. The van der Waals surface area contributed by atoms with Crippen molar-refractivity contribution in [2.24, 2.45) is 5.73 Å². The number of para-hydroxylation sites is 1. The second kappa shape index (κ2) is 5.73. The van der Waals surface area contributed by atoms with Crippen molar-refractivity contribution in [3.63, 3.8) is 0 Å². The predicted octanol–water partition coefficient (Wildman–Crippen LogP) is 3.64. The van der Waals surface area contributed by atoms with Gasteiger partial charge in [0.15, 0.2) is 5.75 Å². The first-order valence-corrected chi connectivity index (χ1v) is 7.01. The maximum Gasteiger partial charge on any atom is 0.417 e. The molecule has 2 aromatic carbocycles. The third kappa shape index (κ3) is 2.96. The molecule has 0 fully saturated rings. The van der Waals surface area contributed by atoms with E-state index < -0.39 is 17.6 Å². The van der Waals surface area contributed by atoms with Crippen LogP contribution in [0.1, 0.15) is 5.56 Å². The Morgan fingerprint density at radius 3 is 2.65 bits per heavy atom. The van der Waals surface area contributed by atoms with Crippen molar-refractivity contribution in [1.29, 1.82) is 0 Å². The lowest BCUT2D eigenvalue weighted by Gasteiger charge is -2.28. The number of hydrogen-bond acceptors (Lipinski definition) is 3. The van der Waals surface area contributed by atoms with E-state index in [9.17, 15) is 17.6 Å². The largest absolute Gasteiger partial charge is 0.484 e. The summed E-state index contributed by atoms with van der Waals surface area (Å²) in [6.45, 7) is 0.679. The molecule has 0 spiro atoms. The summed E-state index contributed by atoms with van der Waals surface area (Å²) in [6, 6.07) is 7.16. The summed E-state index contributed by atoms with van der Waals surface area (Å²) < 4.78 is 59.0. The Balaban J connectivity index is 2.19. The average Bonchev–Trinajstić information content (AvgIpc) is 2.52. The Hall–Kier alpha value is -2.28. The first-order valence-electron chi connectivity index (χ1n) is 7.01. The van der Waals surface area contributed by atoms with E-state index in [0.29, 0.717) is 12.2 Å². The highest BCUT2D eigenvalue weighted by Crippen LogP contribution is 2.44. The van der Waals surface area contributed by atoms with Gasteiger partial charge in [0, 0.05) is 17.7 Å². The maximum atomic E-state index is 13.6. The molecule has 122 valence electrons. The lowest BCUT2D eigenvalue weighted by Crippen LogP contribution is -2.37. The molecule has 0 aromatic heterocycles. The van der Waals surface area contributed by atoms with Gasteiger partial charge in [0.25, 0.3) is 0 Å². The van der Waals surface area contributed by atoms with Crippen molar-refractivity contribution in [3.05, 3.63) is 47.8 Å². The van der Waals surface area contributed by atoms with Gasteiger partial charge in [-0.25, -0.2) is 4.39 Å². The third-order valence-electron chi connectivity index (χ3n) is 3.66. The van der Waals surface area contributed by atoms with Gasteiger partial charge in [0.2, 0.25) is 0 Å². The molecule has 7 heteroatoms. The van der Waals surface area contributed by atoms with Crippen LogP contribution in [-0.4, -0.2) is 19.2 Å². The minimum atomic E-state index is -4.60. The van der Waals surface area contributed by atoms with Gasteiger partial charge in [-0.1, -0.05) is 12.1 Å². The number of ether oxygens (including phenoxy) is 1.